The molecular formula is C36H56O5. The number of ether oxygens (including phenoxy) is 1. The van der Waals surface area contributed by atoms with Crippen LogP contribution in [-0.4, -0.2) is 29.4 Å². The Hall–Kier alpha value is -1.65. The number of fused-ring (bicyclic) bond motifs is 7. The molecule has 5 heteroatoms. The molecule has 5 nitrogen and oxygen atoms in total. The normalized spacial score (nSPS) is 46.7. The highest BCUT2D eigenvalue weighted by Crippen LogP contribution is 2.77. The molecule has 0 radical (unpaired) electrons. The van der Waals surface area contributed by atoms with Crippen molar-refractivity contribution in [3.05, 3.63) is 12.2 Å². The molecule has 10 atom stereocenters. The summed E-state index contributed by atoms with van der Waals surface area (Å²) in [5.41, 5.74) is 0.388. The fourth-order valence-electron chi connectivity index (χ4n) is 12.2. The molecule has 5 aliphatic carbocycles. The van der Waals surface area contributed by atoms with Gasteiger partial charge in [0.1, 0.15) is 12.4 Å². The van der Waals surface area contributed by atoms with Crippen LogP contribution in [0.3, 0.4) is 0 Å². The Bertz CT molecular complexity index is 1120. The standard InChI is InChI=1S/C36H56O5/c1-22(2)23-12-17-36(21-37)19-18-34(8)24(29(23)36)10-11-26-33(7)15-14-27(41-28(38)20-31(3,4)30(39)40)32(5,6)25(33)13-16-35(26,34)9/h21,23-27,29H,1,10-20H2,2-9H3,(H,39,40)/t23-,24+,25-,26+,27?,29+,33-,34+,35+,36+/m0/s1. The summed E-state index contributed by atoms with van der Waals surface area (Å²) in [6, 6.07) is 0. The zero-order chi connectivity index (χ0) is 30.4. The molecule has 0 amide bonds. The van der Waals surface area contributed by atoms with Gasteiger partial charge >= 0.3 is 11.9 Å². The van der Waals surface area contributed by atoms with E-state index in [0.717, 1.165) is 44.9 Å². The van der Waals surface area contributed by atoms with Crippen LogP contribution in [0, 0.1) is 62.1 Å². The van der Waals surface area contributed by atoms with Crippen molar-refractivity contribution in [3.63, 3.8) is 0 Å². The van der Waals surface area contributed by atoms with Gasteiger partial charge in [-0.05, 0) is 131 Å². The predicted molar refractivity (Wildman–Crippen MR) is 161 cm³/mol. The molecule has 5 saturated carbocycles. The smallest absolute Gasteiger partial charge is 0.309 e. The second-order valence-electron chi connectivity index (χ2n) is 17.2. The van der Waals surface area contributed by atoms with Crippen molar-refractivity contribution in [2.75, 3.05) is 0 Å². The first-order valence-electron chi connectivity index (χ1n) is 16.4. The van der Waals surface area contributed by atoms with Crippen LogP contribution < -0.4 is 0 Å². The number of aldehydes is 1. The van der Waals surface area contributed by atoms with Crippen LogP contribution in [0.5, 0.6) is 0 Å². The Kier molecular flexibility index (Phi) is 7.27. The lowest BCUT2D eigenvalue weighted by atomic mass is 9.32. The lowest BCUT2D eigenvalue weighted by molar-refractivity contribution is -0.248. The molecule has 0 heterocycles. The van der Waals surface area contributed by atoms with Crippen LogP contribution in [0.1, 0.15) is 126 Å². The first kappa shape index (κ1) is 30.8. The van der Waals surface area contributed by atoms with Gasteiger partial charge in [-0.15, -0.1) is 0 Å². The second-order valence-corrected chi connectivity index (χ2v) is 17.2. The fourth-order valence-corrected chi connectivity index (χ4v) is 12.2. The van der Waals surface area contributed by atoms with E-state index in [4.69, 9.17) is 4.74 Å². The Morgan fingerprint density at radius 2 is 1.59 bits per heavy atom. The average molecular weight is 569 g/mol. The Balaban J connectivity index is 1.41. The summed E-state index contributed by atoms with van der Waals surface area (Å²) in [4.78, 5) is 37.3. The van der Waals surface area contributed by atoms with Crippen LogP contribution in [0.2, 0.25) is 0 Å². The molecule has 41 heavy (non-hydrogen) atoms. The molecule has 1 N–H and O–H groups in total. The van der Waals surface area contributed by atoms with Gasteiger partial charge in [0, 0.05) is 10.8 Å². The van der Waals surface area contributed by atoms with Crippen LogP contribution in [0.4, 0.5) is 0 Å². The molecule has 5 rings (SSSR count). The summed E-state index contributed by atoms with van der Waals surface area (Å²) >= 11 is 0. The molecule has 0 aliphatic heterocycles. The number of carbonyl (C=O) groups is 3. The van der Waals surface area contributed by atoms with E-state index in [1.54, 1.807) is 13.8 Å². The largest absolute Gasteiger partial charge is 0.481 e. The molecule has 0 bridgehead atoms. The number of allylic oxidation sites excluding steroid dienone is 1. The summed E-state index contributed by atoms with van der Waals surface area (Å²) < 4.78 is 6.11. The molecule has 1 unspecified atom stereocenters. The zero-order valence-corrected chi connectivity index (χ0v) is 27.1. The predicted octanol–water partition coefficient (Wildman–Crippen LogP) is 8.26. The van der Waals surface area contributed by atoms with E-state index >= 15 is 0 Å². The minimum Gasteiger partial charge on any atom is -0.481 e. The van der Waals surface area contributed by atoms with Crippen molar-refractivity contribution >= 4 is 18.2 Å². The van der Waals surface area contributed by atoms with Gasteiger partial charge in [-0.25, -0.2) is 0 Å². The van der Waals surface area contributed by atoms with Crippen molar-refractivity contribution in [1.82, 2.24) is 0 Å². The lowest BCUT2D eigenvalue weighted by Gasteiger charge is -2.72. The van der Waals surface area contributed by atoms with Crippen molar-refractivity contribution in [3.8, 4) is 0 Å². The summed E-state index contributed by atoms with van der Waals surface area (Å²) in [7, 11) is 0. The van der Waals surface area contributed by atoms with Gasteiger partial charge in [0.25, 0.3) is 0 Å². The number of carboxylic acids is 1. The highest BCUT2D eigenvalue weighted by atomic mass is 16.5. The number of carboxylic acid groups (broad SMARTS) is 1. The second kappa shape index (κ2) is 9.68. The summed E-state index contributed by atoms with van der Waals surface area (Å²) in [6.45, 7) is 22.1. The molecule has 0 aromatic rings. The third-order valence-corrected chi connectivity index (χ3v) is 14.7. The van der Waals surface area contributed by atoms with Crippen molar-refractivity contribution < 1.29 is 24.2 Å². The van der Waals surface area contributed by atoms with Gasteiger partial charge in [-0.1, -0.05) is 46.8 Å². The minimum atomic E-state index is -1.13. The molecule has 0 spiro atoms. The van der Waals surface area contributed by atoms with Gasteiger partial charge in [0.2, 0.25) is 0 Å². The molecular weight excluding hydrogens is 512 g/mol. The quantitative estimate of drug-likeness (QED) is 0.198. The Morgan fingerprint density at radius 1 is 0.902 bits per heavy atom. The molecule has 0 saturated heterocycles. The van der Waals surface area contributed by atoms with E-state index in [2.05, 4.69) is 48.1 Å². The summed E-state index contributed by atoms with van der Waals surface area (Å²) in [6.07, 6.45) is 12.0. The molecule has 5 fully saturated rings. The number of aliphatic carboxylic acids is 1. The van der Waals surface area contributed by atoms with Gasteiger partial charge in [0.15, 0.2) is 0 Å². The topological polar surface area (TPSA) is 80.7 Å². The van der Waals surface area contributed by atoms with E-state index in [1.807, 2.05) is 0 Å². The third-order valence-electron chi connectivity index (χ3n) is 14.7. The van der Waals surface area contributed by atoms with Crippen molar-refractivity contribution in [1.29, 1.82) is 0 Å². The van der Waals surface area contributed by atoms with Crippen molar-refractivity contribution in [2.45, 2.75) is 132 Å². The minimum absolute atomic E-state index is 0.105. The number of carbonyl (C=O) groups excluding carboxylic acids is 2. The van der Waals surface area contributed by atoms with Crippen molar-refractivity contribution in [2.24, 2.45) is 62.1 Å². The SMILES string of the molecule is C=C(C)[C@@H]1CC[C@]2(C=O)CC[C@]3(C)[C@H](CC[C@@H]4[C@@]5(C)CCC(OC(=O)CC(C)(C)C(=O)O)C(C)(C)[C@@H]5CC[C@]43C)[C@@H]12. The number of hydrogen-bond acceptors (Lipinski definition) is 4. The van der Waals surface area contributed by atoms with Gasteiger partial charge < -0.3 is 14.6 Å². The highest BCUT2D eigenvalue weighted by molar-refractivity contribution is 5.81. The third kappa shape index (κ3) is 4.24. The maximum atomic E-state index is 12.9. The molecule has 0 aromatic carbocycles. The van der Waals surface area contributed by atoms with Crippen LogP contribution in [0.15, 0.2) is 12.2 Å². The number of esters is 1. The van der Waals surface area contributed by atoms with Crippen LogP contribution in [-0.2, 0) is 19.1 Å². The average Bonchev–Trinajstić information content (AvgIpc) is 3.26. The van der Waals surface area contributed by atoms with Gasteiger partial charge in [0.05, 0.1) is 11.8 Å². The summed E-state index contributed by atoms with van der Waals surface area (Å²) in [5.74, 6) is 1.14. The monoisotopic (exact) mass is 568 g/mol. The van der Waals surface area contributed by atoms with E-state index in [9.17, 15) is 19.5 Å². The number of rotatable bonds is 6. The maximum Gasteiger partial charge on any atom is 0.309 e. The highest BCUT2D eigenvalue weighted by Gasteiger charge is 2.71. The Labute approximate surface area is 248 Å². The fraction of sp³-hybridized carbons (Fsp3) is 0.861. The molecule has 0 aromatic heterocycles. The van der Waals surface area contributed by atoms with Crippen LogP contribution in [0.25, 0.3) is 0 Å². The van der Waals surface area contributed by atoms with Gasteiger partial charge in [-0.3, -0.25) is 9.59 Å². The molecule has 5 aliphatic rings. The van der Waals surface area contributed by atoms with E-state index in [-0.39, 0.29) is 39.6 Å². The maximum absolute atomic E-state index is 12.9. The first-order chi connectivity index (χ1) is 18.9. The lowest BCUT2D eigenvalue weighted by Crippen LogP contribution is -2.67. The molecule has 230 valence electrons. The summed E-state index contributed by atoms with van der Waals surface area (Å²) in [5, 5.41) is 9.52. The van der Waals surface area contributed by atoms with E-state index in [0.29, 0.717) is 29.6 Å². The zero-order valence-electron chi connectivity index (χ0n) is 27.1. The van der Waals surface area contributed by atoms with E-state index < -0.39 is 17.4 Å². The van der Waals surface area contributed by atoms with E-state index in [1.165, 1.54) is 31.1 Å². The van der Waals surface area contributed by atoms with Crippen LogP contribution >= 0.6 is 0 Å². The first-order valence-corrected chi connectivity index (χ1v) is 16.4. The van der Waals surface area contributed by atoms with Gasteiger partial charge in [-0.2, -0.15) is 0 Å². The number of hydrogen-bond donors (Lipinski definition) is 1. The Morgan fingerprint density at radius 3 is 2.20 bits per heavy atom.